The van der Waals surface area contributed by atoms with E-state index in [4.69, 9.17) is 9.47 Å². The third-order valence-corrected chi connectivity index (χ3v) is 4.44. The van der Waals surface area contributed by atoms with E-state index in [0.717, 1.165) is 16.9 Å². The summed E-state index contributed by atoms with van der Waals surface area (Å²) in [6.45, 7) is 2.01. The molecular formula is C21H20N2O5. The van der Waals surface area contributed by atoms with Crippen LogP contribution in [0.5, 0.6) is 11.5 Å². The van der Waals surface area contributed by atoms with Crippen molar-refractivity contribution in [1.82, 2.24) is 5.32 Å². The fourth-order valence-electron chi connectivity index (χ4n) is 2.87. The summed E-state index contributed by atoms with van der Waals surface area (Å²) in [5, 5.41) is 2.21. The number of imide groups is 2. The van der Waals surface area contributed by atoms with Gasteiger partial charge in [-0.1, -0.05) is 19.1 Å². The Balaban J connectivity index is 2.01. The minimum absolute atomic E-state index is 0.164. The van der Waals surface area contributed by atoms with Crippen LogP contribution in [0.15, 0.2) is 48.0 Å². The highest BCUT2D eigenvalue weighted by atomic mass is 16.5. The molecule has 1 N–H and O–H groups in total. The monoisotopic (exact) mass is 380 g/mol. The van der Waals surface area contributed by atoms with Gasteiger partial charge in [0.05, 0.1) is 19.9 Å². The van der Waals surface area contributed by atoms with Gasteiger partial charge in [0.2, 0.25) is 0 Å². The van der Waals surface area contributed by atoms with Gasteiger partial charge in [-0.2, -0.15) is 0 Å². The Morgan fingerprint density at radius 2 is 1.71 bits per heavy atom. The summed E-state index contributed by atoms with van der Waals surface area (Å²) >= 11 is 0. The molecule has 0 saturated carbocycles. The van der Waals surface area contributed by atoms with Crippen LogP contribution in [0.1, 0.15) is 18.1 Å². The Labute approximate surface area is 162 Å². The van der Waals surface area contributed by atoms with Crippen molar-refractivity contribution in [2.75, 3.05) is 19.1 Å². The highest BCUT2D eigenvalue weighted by Crippen LogP contribution is 2.28. The van der Waals surface area contributed by atoms with Crippen LogP contribution < -0.4 is 19.7 Å². The number of rotatable bonds is 5. The first-order valence-electron chi connectivity index (χ1n) is 8.71. The number of methoxy groups -OCH3 is 2. The van der Waals surface area contributed by atoms with E-state index < -0.39 is 17.8 Å². The maximum atomic E-state index is 12.9. The van der Waals surface area contributed by atoms with Crippen LogP contribution in [0.25, 0.3) is 6.08 Å². The Morgan fingerprint density at radius 3 is 2.32 bits per heavy atom. The van der Waals surface area contributed by atoms with Crippen molar-refractivity contribution < 1.29 is 23.9 Å². The fraction of sp³-hybridized carbons (Fsp3) is 0.190. The number of amides is 4. The molecule has 0 aliphatic carbocycles. The van der Waals surface area contributed by atoms with Crippen LogP contribution in [-0.2, 0) is 16.0 Å². The third-order valence-electron chi connectivity index (χ3n) is 4.44. The Kier molecular flexibility index (Phi) is 5.44. The molecule has 0 unspecified atom stereocenters. The maximum absolute atomic E-state index is 12.9. The molecule has 144 valence electrons. The van der Waals surface area contributed by atoms with E-state index >= 15 is 0 Å². The largest absolute Gasteiger partial charge is 0.497 e. The quantitative estimate of drug-likeness (QED) is 0.637. The van der Waals surface area contributed by atoms with Crippen molar-refractivity contribution in [1.29, 1.82) is 0 Å². The first-order chi connectivity index (χ1) is 13.5. The number of hydrogen-bond donors (Lipinski definition) is 1. The predicted octanol–water partition coefficient (Wildman–Crippen LogP) is 2.93. The second-order valence-electron chi connectivity index (χ2n) is 6.09. The first-order valence-corrected chi connectivity index (χ1v) is 8.71. The molecular weight excluding hydrogens is 360 g/mol. The standard InChI is InChI=1S/C21H20N2O5/c1-4-13-5-8-15(9-6-13)23-20(25)17(19(24)22-21(23)26)11-14-7-10-16(27-2)12-18(14)28-3/h5-12H,4H2,1-3H3,(H,22,24,26)/b17-11-. The molecule has 1 aliphatic rings. The van der Waals surface area contributed by atoms with Crippen molar-refractivity contribution >= 4 is 29.6 Å². The van der Waals surface area contributed by atoms with Gasteiger partial charge in [-0.05, 0) is 42.3 Å². The summed E-state index contributed by atoms with van der Waals surface area (Å²) in [6, 6.07) is 11.2. The average molecular weight is 380 g/mol. The molecule has 7 nitrogen and oxygen atoms in total. The fourth-order valence-corrected chi connectivity index (χ4v) is 2.87. The van der Waals surface area contributed by atoms with Crippen LogP contribution >= 0.6 is 0 Å². The summed E-state index contributed by atoms with van der Waals surface area (Å²) < 4.78 is 10.5. The van der Waals surface area contributed by atoms with Gasteiger partial charge in [0, 0.05) is 11.6 Å². The van der Waals surface area contributed by atoms with Crippen molar-refractivity contribution in [3.8, 4) is 11.5 Å². The van der Waals surface area contributed by atoms with Gasteiger partial charge < -0.3 is 9.47 Å². The van der Waals surface area contributed by atoms with Crippen LogP contribution in [0.3, 0.4) is 0 Å². The number of carbonyl (C=O) groups is 3. The van der Waals surface area contributed by atoms with Crippen LogP contribution in [0.2, 0.25) is 0 Å². The molecule has 0 spiro atoms. The third kappa shape index (κ3) is 3.59. The minimum Gasteiger partial charge on any atom is -0.497 e. The molecule has 3 rings (SSSR count). The molecule has 0 bridgehead atoms. The molecule has 4 amide bonds. The zero-order chi connectivity index (χ0) is 20.3. The molecule has 2 aromatic carbocycles. The van der Waals surface area contributed by atoms with E-state index in [0.29, 0.717) is 22.7 Å². The van der Waals surface area contributed by atoms with Gasteiger partial charge in [0.15, 0.2) is 0 Å². The van der Waals surface area contributed by atoms with E-state index in [1.165, 1.54) is 20.3 Å². The van der Waals surface area contributed by atoms with Gasteiger partial charge in [-0.25, -0.2) is 9.69 Å². The van der Waals surface area contributed by atoms with Gasteiger partial charge in [0.25, 0.3) is 11.8 Å². The lowest BCUT2D eigenvalue weighted by Gasteiger charge is -2.26. The second kappa shape index (κ2) is 7.96. The van der Waals surface area contributed by atoms with Gasteiger partial charge in [0.1, 0.15) is 17.1 Å². The molecule has 1 fully saturated rings. The predicted molar refractivity (Wildman–Crippen MR) is 104 cm³/mol. The molecule has 2 aromatic rings. The normalized spacial score (nSPS) is 15.6. The number of nitrogens with one attached hydrogen (secondary N) is 1. The Morgan fingerprint density at radius 1 is 1.00 bits per heavy atom. The molecule has 1 heterocycles. The lowest BCUT2D eigenvalue weighted by molar-refractivity contribution is -0.122. The number of ether oxygens (including phenoxy) is 2. The smallest absolute Gasteiger partial charge is 0.335 e. The van der Waals surface area contributed by atoms with Crippen molar-refractivity contribution in [2.45, 2.75) is 13.3 Å². The Bertz CT molecular complexity index is 963. The zero-order valence-corrected chi connectivity index (χ0v) is 15.8. The highest BCUT2D eigenvalue weighted by Gasteiger charge is 2.36. The average Bonchev–Trinajstić information content (AvgIpc) is 2.71. The van der Waals surface area contributed by atoms with Crippen LogP contribution in [-0.4, -0.2) is 32.1 Å². The molecule has 0 atom stereocenters. The summed E-state index contributed by atoms with van der Waals surface area (Å²) in [4.78, 5) is 38.5. The summed E-state index contributed by atoms with van der Waals surface area (Å²) in [7, 11) is 3.00. The Hall–Kier alpha value is -3.61. The molecule has 0 radical (unpaired) electrons. The van der Waals surface area contributed by atoms with Crippen LogP contribution in [0.4, 0.5) is 10.5 Å². The lowest BCUT2D eigenvalue weighted by Crippen LogP contribution is -2.54. The number of hydrogen-bond acceptors (Lipinski definition) is 5. The molecule has 1 saturated heterocycles. The number of carbonyl (C=O) groups excluding carboxylic acids is 3. The number of aryl methyl sites for hydroxylation is 1. The van der Waals surface area contributed by atoms with E-state index in [1.807, 2.05) is 19.1 Å². The second-order valence-corrected chi connectivity index (χ2v) is 6.09. The van der Waals surface area contributed by atoms with E-state index in [-0.39, 0.29) is 5.57 Å². The van der Waals surface area contributed by atoms with E-state index in [9.17, 15) is 14.4 Å². The summed E-state index contributed by atoms with van der Waals surface area (Å²) in [5.74, 6) is -0.445. The lowest BCUT2D eigenvalue weighted by atomic mass is 10.1. The zero-order valence-electron chi connectivity index (χ0n) is 15.8. The van der Waals surface area contributed by atoms with Gasteiger partial charge in [-0.3, -0.25) is 14.9 Å². The minimum atomic E-state index is -0.780. The first kappa shape index (κ1) is 19.2. The number of barbiturate groups is 1. The van der Waals surface area contributed by atoms with Gasteiger partial charge >= 0.3 is 6.03 Å². The molecule has 1 aliphatic heterocycles. The summed E-state index contributed by atoms with van der Waals surface area (Å²) in [5.41, 5.74) is 1.81. The maximum Gasteiger partial charge on any atom is 0.335 e. The van der Waals surface area contributed by atoms with Crippen molar-refractivity contribution in [3.05, 3.63) is 59.2 Å². The number of anilines is 1. The number of urea groups is 1. The topological polar surface area (TPSA) is 84.9 Å². The SMILES string of the molecule is CCc1ccc(N2C(=O)NC(=O)/C(=C/c3ccc(OC)cc3OC)C2=O)cc1. The molecule has 0 aromatic heterocycles. The highest BCUT2D eigenvalue weighted by molar-refractivity contribution is 6.39. The number of benzene rings is 2. The molecule has 7 heteroatoms. The van der Waals surface area contributed by atoms with Crippen molar-refractivity contribution in [3.63, 3.8) is 0 Å². The number of nitrogens with zero attached hydrogens (tertiary/aromatic N) is 1. The van der Waals surface area contributed by atoms with E-state index in [2.05, 4.69) is 5.32 Å². The molecule has 28 heavy (non-hydrogen) atoms. The van der Waals surface area contributed by atoms with E-state index in [1.54, 1.807) is 30.3 Å². The van der Waals surface area contributed by atoms with Gasteiger partial charge in [-0.15, -0.1) is 0 Å². The van der Waals surface area contributed by atoms with Crippen LogP contribution in [0, 0.1) is 0 Å². The summed E-state index contributed by atoms with van der Waals surface area (Å²) in [6.07, 6.45) is 2.23. The van der Waals surface area contributed by atoms with Crippen molar-refractivity contribution in [2.24, 2.45) is 0 Å².